The summed E-state index contributed by atoms with van der Waals surface area (Å²) < 4.78 is 1.57. The summed E-state index contributed by atoms with van der Waals surface area (Å²) in [5, 5.41) is 15.2. The van der Waals surface area contributed by atoms with Crippen LogP contribution in [0.5, 0.6) is 0 Å². The molecule has 120 valence electrons. The number of aryl methyl sites for hydroxylation is 1. The topological polar surface area (TPSA) is 85.1 Å². The van der Waals surface area contributed by atoms with Crippen LogP contribution < -0.4 is 5.43 Å². The van der Waals surface area contributed by atoms with Gasteiger partial charge in [-0.3, -0.25) is 4.79 Å². The molecule has 0 saturated heterocycles. The lowest BCUT2D eigenvalue weighted by Gasteiger charge is -2.06. The summed E-state index contributed by atoms with van der Waals surface area (Å²) in [6.07, 6.45) is 1.53. The van der Waals surface area contributed by atoms with Crippen LogP contribution in [-0.4, -0.2) is 31.8 Å². The number of nitrogens with zero attached hydrogens (tertiary/aromatic N) is 5. The minimum Gasteiger partial charge on any atom is -0.267 e. The van der Waals surface area contributed by atoms with Gasteiger partial charge in [0.1, 0.15) is 6.33 Å². The predicted octanol–water partition coefficient (Wildman–Crippen LogP) is 2.12. The highest BCUT2D eigenvalue weighted by molar-refractivity contribution is 6.01. The predicted molar refractivity (Wildman–Crippen MR) is 90.0 cm³/mol. The number of hydrogen-bond donors (Lipinski definition) is 1. The molecule has 0 saturated carbocycles. The summed E-state index contributed by atoms with van der Waals surface area (Å²) in [4.78, 5) is 12.2. The van der Waals surface area contributed by atoms with Gasteiger partial charge in [-0.25, -0.2) is 10.1 Å². The summed E-state index contributed by atoms with van der Waals surface area (Å²) in [6, 6.07) is 15.0. The van der Waals surface area contributed by atoms with Gasteiger partial charge in [-0.2, -0.15) is 5.10 Å². The number of nitrogens with one attached hydrogen (secondary N) is 1. The lowest BCUT2D eigenvalue weighted by molar-refractivity contribution is 0.0954. The smallest absolute Gasteiger partial charge is 0.267 e. The Morgan fingerprint density at radius 3 is 2.54 bits per heavy atom. The zero-order valence-corrected chi connectivity index (χ0v) is 13.3. The van der Waals surface area contributed by atoms with Crippen LogP contribution in [-0.2, 0) is 0 Å². The van der Waals surface area contributed by atoms with Crippen molar-refractivity contribution in [1.82, 2.24) is 25.6 Å². The summed E-state index contributed by atoms with van der Waals surface area (Å²) in [6.45, 7) is 3.73. The fourth-order valence-corrected chi connectivity index (χ4v) is 2.22. The van der Waals surface area contributed by atoms with E-state index in [2.05, 4.69) is 26.1 Å². The molecule has 24 heavy (non-hydrogen) atoms. The SMILES string of the molecule is C/C(=N\NC(=O)c1ccccc1C)c1ccc(-n2cnnn2)cc1. The van der Waals surface area contributed by atoms with Crippen molar-refractivity contribution in [2.24, 2.45) is 5.10 Å². The molecular formula is C17H16N6O. The first-order valence-electron chi connectivity index (χ1n) is 7.39. The van der Waals surface area contributed by atoms with E-state index in [-0.39, 0.29) is 5.91 Å². The molecule has 0 aliphatic rings. The van der Waals surface area contributed by atoms with Gasteiger partial charge in [-0.15, -0.1) is 5.10 Å². The van der Waals surface area contributed by atoms with Crippen LogP contribution in [0, 0.1) is 6.92 Å². The average molecular weight is 320 g/mol. The molecule has 7 heteroatoms. The van der Waals surface area contributed by atoms with E-state index in [0.29, 0.717) is 11.3 Å². The van der Waals surface area contributed by atoms with Crippen LogP contribution in [0.4, 0.5) is 0 Å². The number of amides is 1. The van der Waals surface area contributed by atoms with Gasteiger partial charge in [0.25, 0.3) is 5.91 Å². The third-order valence-electron chi connectivity index (χ3n) is 3.61. The Morgan fingerprint density at radius 2 is 1.88 bits per heavy atom. The lowest BCUT2D eigenvalue weighted by Crippen LogP contribution is -2.20. The Labute approximate surface area is 139 Å². The second-order valence-corrected chi connectivity index (χ2v) is 5.25. The minimum absolute atomic E-state index is 0.224. The first-order valence-corrected chi connectivity index (χ1v) is 7.39. The highest BCUT2D eigenvalue weighted by atomic mass is 16.2. The molecule has 1 aromatic heterocycles. The maximum atomic E-state index is 12.2. The van der Waals surface area contributed by atoms with Crippen LogP contribution in [0.1, 0.15) is 28.4 Å². The van der Waals surface area contributed by atoms with Gasteiger partial charge in [-0.1, -0.05) is 30.3 Å². The molecule has 0 spiro atoms. The Hall–Kier alpha value is -3.35. The molecule has 1 N–H and O–H groups in total. The van der Waals surface area contributed by atoms with Crippen molar-refractivity contribution in [2.45, 2.75) is 13.8 Å². The van der Waals surface area contributed by atoms with Gasteiger partial charge in [0.15, 0.2) is 0 Å². The molecule has 3 rings (SSSR count). The molecule has 7 nitrogen and oxygen atoms in total. The number of carbonyl (C=O) groups excluding carboxylic acids is 1. The van der Waals surface area contributed by atoms with Crippen molar-refractivity contribution in [2.75, 3.05) is 0 Å². The molecule has 0 fully saturated rings. The van der Waals surface area contributed by atoms with Crippen molar-refractivity contribution in [3.8, 4) is 5.69 Å². The van der Waals surface area contributed by atoms with Crippen molar-refractivity contribution >= 4 is 11.6 Å². The van der Waals surface area contributed by atoms with Crippen LogP contribution >= 0.6 is 0 Å². The fraction of sp³-hybridized carbons (Fsp3) is 0.118. The van der Waals surface area contributed by atoms with Crippen molar-refractivity contribution in [1.29, 1.82) is 0 Å². The molecule has 0 unspecified atom stereocenters. The van der Waals surface area contributed by atoms with Gasteiger partial charge < -0.3 is 0 Å². The number of hydrazone groups is 1. The monoisotopic (exact) mass is 320 g/mol. The third kappa shape index (κ3) is 3.35. The van der Waals surface area contributed by atoms with E-state index in [1.165, 1.54) is 6.33 Å². The summed E-state index contributed by atoms with van der Waals surface area (Å²) in [7, 11) is 0. The van der Waals surface area contributed by atoms with E-state index < -0.39 is 0 Å². The molecule has 0 aliphatic heterocycles. The van der Waals surface area contributed by atoms with Gasteiger partial charge in [0.2, 0.25) is 0 Å². The summed E-state index contributed by atoms with van der Waals surface area (Å²) >= 11 is 0. The first kappa shape index (κ1) is 15.5. The third-order valence-corrected chi connectivity index (χ3v) is 3.61. The van der Waals surface area contributed by atoms with E-state index in [1.54, 1.807) is 10.7 Å². The molecular weight excluding hydrogens is 304 g/mol. The fourth-order valence-electron chi connectivity index (χ4n) is 2.22. The van der Waals surface area contributed by atoms with Crippen molar-refractivity contribution in [3.63, 3.8) is 0 Å². The zero-order chi connectivity index (χ0) is 16.9. The highest BCUT2D eigenvalue weighted by Crippen LogP contribution is 2.09. The Bertz CT molecular complexity index is 868. The van der Waals surface area contributed by atoms with Crippen LogP contribution in [0.2, 0.25) is 0 Å². The number of carbonyl (C=O) groups is 1. The largest absolute Gasteiger partial charge is 0.271 e. The minimum atomic E-state index is -0.224. The number of aromatic nitrogens is 4. The maximum absolute atomic E-state index is 12.2. The quantitative estimate of drug-likeness (QED) is 0.589. The van der Waals surface area contributed by atoms with Gasteiger partial charge >= 0.3 is 0 Å². The Kier molecular flexibility index (Phi) is 4.42. The summed E-state index contributed by atoms with van der Waals surface area (Å²) in [5.74, 6) is -0.224. The number of rotatable bonds is 4. The van der Waals surface area contributed by atoms with Gasteiger partial charge in [0.05, 0.1) is 11.4 Å². The van der Waals surface area contributed by atoms with Crippen LogP contribution in [0.25, 0.3) is 5.69 Å². The normalized spacial score (nSPS) is 11.3. The molecule has 1 amide bonds. The molecule has 0 atom stereocenters. The number of hydrogen-bond acceptors (Lipinski definition) is 5. The van der Waals surface area contributed by atoms with Crippen molar-refractivity contribution < 1.29 is 4.79 Å². The lowest BCUT2D eigenvalue weighted by atomic mass is 10.1. The second-order valence-electron chi connectivity index (χ2n) is 5.25. The van der Waals surface area contributed by atoms with E-state index in [4.69, 9.17) is 0 Å². The van der Waals surface area contributed by atoms with Gasteiger partial charge in [0, 0.05) is 5.56 Å². The highest BCUT2D eigenvalue weighted by Gasteiger charge is 2.07. The molecule has 2 aromatic carbocycles. The van der Waals surface area contributed by atoms with Crippen LogP contribution in [0.3, 0.4) is 0 Å². The van der Waals surface area contributed by atoms with E-state index in [1.807, 2.05) is 56.3 Å². The van der Waals surface area contributed by atoms with Crippen molar-refractivity contribution in [3.05, 3.63) is 71.5 Å². The van der Waals surface area contributed by atoms with E-state index >= 15 is 0 Å². The molecule has 0 bridgehead atoms. The Balaban J connectivity index is 1.72. The number of tetrazole rings is 1. The second kappa shape index (κ2) is 6.82. The molecule has 0 radical (unpaired) electrons. The zero-order valence-electron chi connectivity index (χ0n) is 13.3. The van der Waals surface area contributed by atoms with E-state index in [0.717, 1.165) is 16.8 Å². The van der Waals surface area contributed by atoms with E-state index in [9.17, 15) is 4.79 Å². The molecule has 3 aromatic rings. The molecule has 0 aliphatic carbocycles. The first-order chi connectivity index (χ1) is 11.6. The van der Waals surface area contributed by atoms with Crippen LogP contribution in [0.15, 0.2) is 60.0 Å². The average Bonchev–Trinajstić information content (AvgIpc) is 3.14. The summed E-state index contributed by atoms with van der Waals surface area (Å²) in [5.41, 5.74) is 6.57. The molecule has 1 heterocycles. The van der Waals surface area contributed by atoms with Gasteiger partial charge in [-0.05, 0) is 53.6 Å². The standard InChI is InChI=1S/C17H16N6O/c1-12-5-3-4-6-16(12)17(24)20-19-13(2)14-7-9-15(10-8-14)23-11-18-21-22-23/h3-11H,1-2H3,(H,20,24)/b19-13+. The Morgan fingerprint density at radius 1 is 1.12 bits per heavy atom. The maximum Gasteiger partial charge on any atom is 0.271 e. The number of benzene rings is 2.